The van der Waals surface area contributed by atoms with Gasteiger partial charge in [0.15, 0.2) is 0 Å². The van der Waals surface area contributed by atoms with Gasteiger partial charge in [-0.25, -0.2) is 0 Å². The van der Waals surface area contributed by atoms with Crippen molar-refractivity contribution in [3.05, 3.63) is 18.0 Å². The van der Waals surface area contributed by atoms with E-state index in [9.17, 15) is 9.90 Å². The van der Waals surface area contributed by atoms with E-state index in [1.165, 1.54) is 0 Å². The van der Waals surface area contributed by atoms with Crippen LogP contribution in [0.25, 0.3) is 0 Å². The van der Waals surface area contributed by atoms with E-state index in [0.717, 1.165) is 31.4 Å². The Morgan fingerprint density at radius 2 is 2.42 bits per heavy atom. The van der Waals surface area contributed by atoms with Gasteiger partial charge in [0.2, 0.25) is 0 Å². The zero-order chi connectivity index (χ0) is 14.0. The predicted octanol–water partition coefficient (Wildman–Crippen LogP) is 3.29. The number of rotatable bonds is 5. The summed E-state index contributed by atoms with van der Waals surface area (Å²) in [4.78, 5) is 11.6. The number of carboxylic acids is 1. The first-order valence-corrected chi connectivity index (χ1v) is 7.24. The third-order valence-electron chi connectivity index (χ3n) is 4.53. The summed E-state index contributed by atoms with van der Waals surface area (Å²) in [5.41, 5.74) is 0.324. The first-order chi connectivity index (χ1) is 8.97. The second kappa shape index (κ2) is 5.35. The van der Waals surface area contributed by atoms with Crippen LogP contribution in [-0.2, 0) is 11.2 Å². The highest BCUT2D eigenvalue weighted by Gasteiger charge is 2.44. The van der Waals surface area contributed by atoms with Crippen LogP contribution in [0.1, 0.15) is 58.2 Å². The molecule has 4 nitrogen and oxygen atoms in total. The highest BCUT2D eigenvalue weighted by Crippen LogP contribution is 2.44. The van der Waals surface area contributed by atoms with Gasteiger partial charge in [-0.2, -0.15) is 5.10 Å². The average molecular weight is 264 g/mol. The largest absolute Gasteiger partial charge is 0.481 e. The molecule has 19 heavy (non-hydrogen) atoms. The lowest BCUT2D eigenvalue weighted by Crippen LogP contribution is -2.31. The molecule has 1 saturated carbocycles. The number of nitrogens with zero attached hydrogens (tertiary/aromatic N) is 2. The van der Waals surface area contributed by atoms with Gasteiger partial charge in [-0.05, 0) is 44.6 Å². The lowest BCUT2D eigenvalue weighted by molar-refractivity contribution is -0.148. The number of hydrogen-bond acceptors (Lipinski definition) is 2. The van der Waals surface area contributed by atoms with Crippen molar-refractivity contribution in [1.29, 1.82) is 0 Å². The highest BCUT2D eigenvalue weighted by atomic mass is 16.4. The molecule has 3 atom stereocenters. The van der Waals surface area contributed by atoms with E-state index in [1.54, 1.807) is 0 Å². The lowest BCUT2D eigenvalue weighted by Gasteiger charge is -2.23. The van der Waals surface area contributed by atoms with E-state index in [-0.39, 0.29) is 0 Å². The minimum atomic E-state index is -0.657. The third-order valence-corrected chi connectivity index (χ3v) is 4.53. The quantitative estimate of drug-likeness (QED) is 0.887. The summed E-state index contributed by atoms with van der Waals surface area (Å²) in [6.45, 7) is 6.40. The van der Waals surface area contributed by atoms with Crippen molar-refractivity contribution in [3.63, 3.8) is 0 Å². The van der Waals surface area contributed by atoms with E-state index in [2.05, 4.69) is 25.9 Å². The average Bonchev–Trinajstić information content (AvgIpc) is 2.97. The molecule has 0 amide bonds. The van der Waals surface area contributed by atoms with Gasteiger partial charge in [0.25, 0.3) is 0 Å². The molecule has 0 saturated heterocycles. The molecule has 1 N–H and O–H groups in total. The molecule has 0 bridgehead atoms. The molecule has 2 rings (SSSR count). The van der Waals surface area contributed by atoms with E-state index >= 15 is 0 Å². The van der Waals surface area contributed by atoms with E-state index < -0.39 is 11.4 Å². The maximum Gasteiger partial charge on any atom is 0.310 e. The number of aliphatic carboxylic acids is 1. The molecule has 0 spiro atoms. The fourth-order valence-corrected chi connectivity index (χ4v) is 3.08. The van der Waals surface area contributed by atoms with Gasteiger partial charge in [-0.1, -0.05) is 13.8 Å². The maximum absolute atomic E-state index is 11.6. The van der Waals surface area contributed by atoms with Crippen LogP contribution in [0, 0.1) is 11.3 Å². The standard InChI is InChI=1S/C15H24N2O2/c1-4-12(3)17-8-6-13(16-17)10-15(14(18)19)7-5-11(2)9-15/h6,8,11-12H,4-5,7,9-10H2,1-3H3,(H,18,19). The van der Waals surface area contributed by atoms with Crippen molar-refractivity contribution in [2.24, 2.45) is 11.3 Å². The lowest BCUT2D eigenvalue weighted by atomic mass is 9.81. The summed E-state index contributed by atoms with van der Waals surface area (Å²) in [7, 11) is 0. The normalized spacial score (nSPS) is 28.5. The van der Waals surface area contributed by atoms with Gasteiger partial charge < -0.3 is 5.11 Å². The van der Waals surface area contributed by atoms with Crippen LogP contribution >= 0.6 is 0 Å². The molecular weight excluding hydrogens is 240 g/mol. The summed E-state index contributed by atoms with van der Waals surface area (Å²) in [6.07, 6.45) is 6.13. The Bertz CT molecular complexity index is 455. The van der Waals surface area contributed by atoms with Gasteiger partial charge in [0.05, 0.1) is 11.1 Å². The summed E-state index contributed by atoms with van der Waals surface area (Å²) in [5, 5.41) is 14.1. The summed E-state index contributed by atoms with van der Waals surface area (Å²) in [5.74, 6) is -0.150. The van der Waals surface area contributed by atoms with Crippen molar-refractivity contribution in [2.45, 2.75) is 58.9 Å². The molecule has 3 unspecified atom stereocenters. The van der Waals surface area contributed by atoms with Crippen LogP contribution in [0.4, 0.5) is 0 Å². The molecule has 1 aliphatic carbocycles. The van der Waals surface area contributed by atoms with Crippen molar-refractivity contribution < 1.29 is 9.90 Å². The molecule has 0 radical (unpaired) electrons. The molecule has 0 aliphatic heterocycles. The van der Waals surface area contributed by atoms with Crippen LogP contribution in [-0.4, -0.2) is 20.9 Å². The third kappa shape index (κ3) is 2.82. The molecule has 4 heteroatoms. The molecule has 106 valence electrons. The summed E-state index contributed by atoms with van der Waals surface area (Å²) < 4.78 is 1.95. The van der Waals surface area contributed by atoms with Gasteiger partial charge in [0, 0.05) is 18.7 Å². The Morgan fingerprint density at radius 1 is 1.68 bits per heavy atom. The molecule has 1 aliphatic rings. The van der Waals surface area contributed by atoms with Crippen LogP contribution in [0.2, 0.25) is 0 Å². The number of hydrogen-bond donors (Lipinski definition) is 1. The first kappa shape index (κ1) is 14.1. The maximum atomic E-state index is 11.6. The predicted molar refractivity (Wildman–Crippen MR) is 74.0 cm³/mol. The number of aromatic nitrogens is 2. The minimum absolute atomic E-state index is 0.372. The molecule has 0 aromatic carbocycles. The zero-order valence-corrected chi connectivity index (χ0v) is 12.1. The molecule has 1 aromatic heterocycles. The Labute approximate surface area is 114 Å². The van der Waals surface area contributed by atoms with E-state index in [1.807, 2.05) is 16.9 Å². The van der Waals surface area contributed by atoms with Crippen LogP contribution < -0.4 is 0 Å². The van der Waals surface area contributed by atoms with Gasteiger partial charge in [0.1, 0.15) is 0 Å². The number of carboxylic acid groups (broad SMARTS) is 1. The molecule has 1 aromatic rings. The highest BCUT2D eigenvalue weighted by molar-refractivity contribution is 5.75. The second-order valence-electron chi connectivity index (χ2n) is 6.15. The van der Waals surface area contributed by atoms with Crippen LogP contribution in [0.15, 0.2) is 12.3 Å². The topological polar surface area (TPSA) is 55.1 Å². The monoisotopic (exact) mass is 264 g/mol. The number of carbonyl (C=O) groups is 1. The van der Waals surface area contributed by atoms with Crippen molar-refractivity contribution in [3.8, 4) is 0 Å². The van der Waals surface area contributed by atoms with E-state index in [4.69, 9.17) is 0 Å². The summed E-state index contributed by atoms with van der Waals surface area (Å²) >= 11 is 0. The molecular formula is C15H24N2O2. The Morgan fingerprint density at radius 3 is 2.95 bits per heavy atom. The van der Waals surface area contributed by atoms with Crippen molar-refractivity contribution in [1.82, 2.24) is 9.78 Å². The first-order valence-electron chi connectivity index (χ1n) is 7.24. The SMILES string of the molecule is CCC(C)n1ccc(CC2(C(=O)O)CCC(C)C2)n1. The van der Waals surface area contributed by atoms with Crippen LogP contribution in [0.3, 0.4) is 0 Å². The van der Waals surface area contributed by atoms with Crippen molar-refractivity contribution in [2.75, 3.05) is 0 Å². The van der Waals surface area contributed by atoms with Gasteiger partial charge in [-0.3, -0.25) is 9.48 Å². The minimum Gasteiger partial charge on any atom is -0.481 e. The Kier molecular flexibility index (Phi) is 3.97. The van der Waals surface area contributed by atoms with E-state index in [0.29, 0.717) is 18.4 Å². The molecule has 1 fully saturated rings. The summed E-state index contributed by atoms with van der Waals surface area (Å²) in [6, 6.07) is 2.34. The Balaban J connectivity index is 2.14. The fraction of sp³-hybridized carbons (Fsp3) is 0.733. The van der Waals surface area contributed by atoms with Crippen molar-refractivity contribution >= 4 is 5.97 Å². The second-order valence-corrected chi connectivity index (χ2v) is 6.15. The smallest absolute Gasteiger partial charge is 0.310 e. The van der Waals surface area contributed by atoms with Crippen LogP contribution in [0.5, 0.6) is 0 Å². The zero-order valence-electron chi connectivity index (χ0n) is 12.1. The van der Waals surface area contributed by atoms with Gasteiger partial charge >= 0.3 is 5.97 Å². The van der Waals surface area contributed by atoms with Gasteiger partial charge in [-0.15, -0.1) is 0 Å². The Hall–Kier alpha value is -1.32. The fourth-order valence-electron chi connectivity index (χ4n) is 3.08. The molecule has 1 heterocycles.